The number of carbonyl (C=O) groups is 2. The van der Waals surface area contributed by atoms with Crippen molar-refractivity contribution in [3.8, 4) is 11.1 Å². The molecule has 6 rings (SSSR count). The van der Waals surface area contributed by atoms with Gasteiger partial charge in [0.2, 0.25) is 0 Å². The van der Waals surface area contributed by atoms with E-state index in [1.807, 2.05) is 0 Å². The summed E-state index contributed by atoms with van der Waals surface area (Å²) in [5, 5.41) is 12.3. The van der Waals surface area contributed by atoms with E-state index in [0.717, 1.165) is 9.47 Å². The zero-order chi connectivity index (χ0) is 34.7. The second kappa shape index (κ2) is 11.7. The van der Waals surface area contributed by atoms with Crippen molar-refractivity contribution in [3.05, 3.63) is 111 Å². The van der Waals surface area contributed by atoms with Crippen molar-refractivity contribution in [1.29, 1.82) is 0 Å². The number of carboxylic acids is 1. The van der Waals surface area contributed by atoms with Gasteiger partial charge in [0.25, 0.3) is 17.4 Å². The number of aromatic nitrogens is 1. The molecular weight excluding hydrogens is 647 g/mol. The Bertz CT molecular complexity index is 2170. The number of amides is 1. The number of nitrogens with one attached hydrogen (secondary N) is 1. The number of anilines is 1. The fourth-order valence-corrected chi connectivity index (χ4v) is 6.12. The first-order valence-electron chi connectivity index (χ1n) is 14.4. The Kier molecular flexibility index (Phi) is 7.92. The summed E-state index contributed by atoms with van der Waals surface area (Å²) < 4.78 is 101. The van der Waals surface area contributed by atoms with Crippen LogP contribution in [0.1, 0.15) is 21.5 Å². The van der Waals surface area contributed by atoms with Crippen LogP contribution < -0.4 is 15.8 Å². The highest BCUT2D eigenvalue weighted by Gasteiger charge is 2.44. The van der Waals surface area contributed by atoms with Gasteiger partial charge >= 0.3 is 12.1 Å². The van der Waals surface area contributed by atoms with Crippen LogP contribution in [0.4, 0.5) is 36.4 Å². The Morgan fingerprint density at radius 3 is 2.15 bits per heavy atom. The molecule has 2 N–H and O–H groups in total. The Labute approximate surface area is 266 Å². The zero-order valence-electron chi connectivity index (χ0n) is 24.8. The van der Waals surface area contributed by atoms with Gasteiger partial charge in [-0.2, -0.15) is 13.2 Å². The van der Waals surface area contributed by atoms with E-state index in [9.17, 15) is 50.2 Å². The van der Waals surface area contributed by atoms with Crippen LogP contribution >= 0.6 is 0 Å². The number of hydrogen-bond acceptors (Lipinski definition) is 4. The third-order valence-electron chi connectivity index (χ3n) is 8.36. The van der Waals surface area contributed by atoms with E-state index in [-0.39, 0.29) is 38.5 Å². The predicted molar refractivity (Wildman–Crippen MR) is 163 cm³/mol. The molecule has 1 amide bonds. The summed E-state index contributed by atoms with van der Waals surface area (Å²) in [6.07, 6.45) is -5.39. The first-order chi connectivity index (χ1) is 22.6. The molecule has 0 aliphatic carbocycles. The van der Waals surface area contributed by atoms with E-state index in [1.54, 1.807) is 0 Å². The van der Waals surface area contributed by atoms with Crippen molar-refractivity contribution >= 4 is 39.2 Å². The predicted octanol–water partition coefficient (Wildman–Crippen LogP) is 6.54. The van der Waals surface area contributed by atoms with Gasteiger partial charge in [-0.25, -0.2) is 22.4 Å². The lowest BCUT2D eigenvalue weighted by Gasteiger charge is -2.40. The maximum Gasteiger partial charge on any atom is 0.417 e. The van der Waals surface area contributed by atoms with E-state index in [4.69, 9.17) is 0 Å². The molecule has 0 saturated carbocycles. The molecule has 5 aromatic rings. The Hall–Kier alpha value is -5.40. The zero-order valence-corrected chi connectivity index (χ0v) is 24.8. The number of pyridine rings is 1. The van der Waals surface area contributed by atoms with Crippen molar-refractivity contribution in [2.75, 3.05) is 18.0 Å². The molecule has 1 aliphatic rings. The molecule has 14 heteroatoms. The van der Waals surface area contributed by atoms with Gasteiger partial charge in [0.15, 0.2) is 0 Å². The van der Waals surface area contributed by atoms with E-state index < -0.39 is 83.4 Å². The molecule has 0 unspecified atom stereocenters. The molecule has 4 aromatic carbocycles. The minimum absolute atomic E-state index is 0.0619. The number of rotatable bonds is 7. The van der Waals surface area contributed by atoms with E-state index in [2.05, 4.69) is 5.32 Å². The number of halogens is 7. The summed E-state index contributed by atoms with van der Waals surface area (Å²) in [5.74, 6) is -8.82. The number of hydrogen-bond donors (Lipinski definition) is 2. The highest BCUT2D eigenvalue weighted by Crippen LogP contribution is 2.42. The minimum Gasteiger partial charge on any atom is -0.480 e. The number of para-hydroxylation sites is 1. The van der Waals surface area contributed by atoms with Crippen molar-refractivity contribution in [2.45, 2.75) is 24.6 Å². The van der Waals surface area contributed by atoms with Gasteiger partial charge in [0, 0.05) is 24.5 Å². The number of aliphatic carboxylic acids is 1. The molecule has 0 spiro atoms. The average Bonchev–Trinajstić information content (AvgIpc) is 3.00. The minimum atomic E-state index is -4.93. The smallest absolute Gasteiger partial charge is 0.417 e. The van der Waals surface area contributed by atoms with E-state index >= 15 is 0 Å². The van der Waals surface area contributed by atoms with Crippen LogP contribution in [-0.2, 0) is 24.4 Å². The molecule has 1 aliphatic heterocycles. The third-order valence-corrected chi connectivity index (χ3v) is 8.36. The summed E-state index contributed by atoms with van der Waals surface area (Å²) in [7, 11) is 1.35. The summed E-state index contributed by atoms with van der Waals surface area (Å²) in [6.45, 7) is -1.53. The van der Waals surface area contributed by atoms with Crippen molar-refractivity contribution < 1.29 is 45.4 Å². The van der Waals surface area contributed by atoms with Crippen LogP contribution in [-0.4, -0.2) is 46.6 Å². The molecule has 48 heavy (non-hydrogen) atoms. The Balaban J connectivity index is 1.37. The monoisotopic (exact) mass is 671 g/mol. The second-order valence-electron chi connectivity index (χ2n) is 11.5. The Morgan fingerprint density at radius 1 is 0.917 bits per heavy atom. The van der Waals surface area contributed by atoms with Gasteiger partial charge in [-0.15, -0.1) is 0 Å². The van der Waals surface area contributed by atoms with Gasteiger partial charge in [0.05, 0.1) is 29.7 Å². The van der Waals surface area contributed by atoms with Gasteiger partial charge < -0.3 is 19.9 Å². The molecule has 2 heterocycles. The van der Waals surface area contributed by atoms with Crippen LogP contribution in [0, 0.1) is 11.6 Å². The highest BCUT2D eigenvalue weighted by molar-refractivity contribution is 6.02. The van der Waals surface area contributed by atoms with Crippen LogP contribution in [0.2, 0.25) is 0 Å². The molecule has 1 atom stereocenters. The standard InChI is InChI=1S/C34H24F7N3O4/c1-43-26-11-3-2-7-22(26)29(34(39,40)41)27(31(43)46)21-10-5-8-19-17(6-4-9-20(19)21)12-25(32(47)48)42-30(45)28-23(35)13-18(14-24(28)36)44-15-33(37,38)16-44/h2-11,13-14,25H,12,15-16H2,1H3,(H,42,45)(H,47,48)/t25-/m0/s1. The number of carboxylic acid groups (broad SMARTS) is 1. The molecule has 248 valence electrons. The lowest BCUT2D eigenvalue weighted by molar-refractivity contribution is -0.139. The summed E-state index contributed by atoms with van der Waals surface area (Å²) >= 11 is 0. The first kappa shape index (κ1) is 32.5. The largest absolute Gasteiger partial charge is 0.480 e. The fraction of sp³-hybridized carbons (Fsp3) is 0.206. The molecule has 1 fully saturated rings. The number of alkyl halides is 5. The quantitative estimate of drug-likeness (QED) is 0.192. The lowest BCUT2D eigenvalue weighted by Crippen LogP contribution is -2.56. The number of fused-ring (bicyclic) bond motifs is 2. The topological polar surface area (TPSA) is 91.6 Å². The van der Waals surface area contributed by atoms with Crippen molar-refractivity contribution in [1.82, 2.24) is 9.88 Å². The van der Waals surface area contributed by atoms with Crippen LogP contribution in [0.25, 0.3) is 32.8 Å². The molecule has 0 bridgehead atoms. The highest BCUT2D eigenvalue weighted by atomic mass is 19.4. The normalized spacial score (nSPS) is 15.0. The van der Waals surface area contributed by atoms with Gasteiger partial charge in [0.1, 0.15) is 23.2 Å². The maximum absolute atomic E-state index is 14.9. The van der Waals surface area contributed by atoms with E-state index in [1.165, 1.54) is 67.7 Å². The van der Waals surface area contributed by atoms with Crippen molar-refractivity contribution in [2.24, 2.45) is 7.05 Å². The number of carbonyl (C=O) groups excluding carboxylic acids is 1. The third kappa shape index (κ3) is 5.71. The van der Waals surface area contributed by atoms with Crippen LogP contribution in [0.3, 0.4) is 0 Å². The molecule has 7 nitrogen and oxygen atoms in total. The summed E-state index contributed by atoms with van der Waals surface area (Å²) in [6, 6.07) is 13.9. The SMILES string of the molecule is Cn1c(=O)c(-c2cccc3c(C[C@H](NC(=O)c4c(F)cc(N5CC(F)(F)C5)cc4F)C(=O)O)cccc23)c(C(F)(F)F)c2ccccc21. The number of benzene rings is 4. The molecule has 1 aromatic heterocycles. The summed E-state index contributed by atoms with van der Waals surface area (Å²) in [5.41, 5.74) is -3.74. The number of nitrogens with zero attached hydrogens (tertiary/aromatic N) is 2. The van der Waals surface area contributed by atoms with Crippen LogP contribution in [0.15, 0.2) is 77.6 Å². The van der Waals surface area contributed by atoms with Gasteiger partial charge in [-0.05, 0) is 40.1 Å². The fourth-order valence-electron chi connectivity index (χ4n) is 6.12. The van der Waals surface area contributed by atoms with Crippen molar-refractivity contribution in [3.63, 3.8) is 0 Å². The Morgan fingerprint density at radius 2 is 1.52 bits per heavy atom. The first-order valence-corrected chi connectivity index (χ1v) is 14.4. The summed E-state index contributed by atoms with van der Waals surface area (Å²) in [4.78, 5) is 39.7. The van der Waals surface area contributed by atoms with E-state index in [0.29, 0.717) is 12.1 Å². The maximum atomic E-state index is 14.9. The number of aryl methyl sites for hydroxylation is 1. The average molecular weight is 672 g/mol. The second-order valence-corrected chi connectivity index (χ2v) is 11.5. The molecular formula is C34H24F7N3O4. The van der Waals surface area contributed by atoms with Gasteiger partial charge in [-0.1, -0.05) is 54.6 Å². The lowest BCUT2D eigenvalue weighted by atomic mass is 9.90. The van der Waals surface area contributed by atoms with Gasteiger partial charge in [-0.3, -0.25) is 9.59 Å². The molecule has 1 saturated heterocycles. The van der Waals surface area contributed by atoms with Crippen LogP contribution in [0.5, 0.6) is 0 Å². The molecule has 0 radical (unpaired) electrons.